The zero-order chi connectivity index (χ0) is 52.3. The summed E-state index contributed by atoms with van der Waals surface area (Å²) in [6.45, 7) is 10.4. The fourth-order valence-corrected chi connectivity index (χ4v) is 13.4. The average molecular weight is 1040 g/mol. The van der Waals surface area contributed by atoms with Crippen molar-refractivity contribution in [2.75, 3.05) is 29.3 Å². The van der Waals surface area contributed by atoms with Crippen LogP contribution in [0.1, 0.15) is 132 Å². The SMILES string of the molecule is CNC(=O)CCC(C)SSC(C)(C)CCC(=O)C[C@@H](C)C(=O)Nc1cc(COc2cc3c(cc2C)C(=O)N2c4ccccc4C[C@H]2CC3)cc(COc2cc3c(cc2OC)C(=O)N2c4ccccc4C[C@H]2CC3)c1. The Morgan fingerprint density at radius 3 is 1.89 bits per heavy atom. The van der Waals surface area contributed by atoms with Crippen molar-refractivity contribution in [3.05, 3.63) is 141 Å². The summed E-state index contributed by atoms with van der Waals surface area (Å²) in [7, 11) is 6.70. The maximum Gasteiger partial charge on any atom is 0.258 e. The molecule has 0 radical (unpaired) electrons. The molecule has 4 heterocycles. The predicted octanol–water partition coefficient (Wildman–Crippen LogP) is 11.6. The van der Waals surface area contributed by atoms with Gasteiger partial charge in [-0.05, 0) is 166 Å². The number of nitrogens with zero attached hydrogens (tertiary/aromatic N) is 2. The molecule has 4 amide bonds. The van der Waals surface area contributed by atoms with Crippen LogP contribution in [0.15, 0.2) is 91.0 Å². The first kappa shape index (κ1) is 52.6. The van der Waals surface area contributed by atoms with Gasteiger partial charge in [-0.2, -0.15) is 0 Å². The number of carbonyl (C=O) groups is 5. The first-order valence-electron chi connectivity index (χ1n) is 26.0. The van der Waals surface area contributed by atoms with Crippen LogP contribution in [0, 0.1) is 12.8 Å². The number of methoxy groups -OCH3 is 1. The Morgan fingerprint density at radius 1 is 0.730 bits per heavy atom. The fourth-order valence-electron chi connectivity index (χ4n) is 10.7. The Kier molecular flexibility index (Phi) is 16.1. The van der Waals surface area contributed by atoms with Gasteiger partial charge in [-0.25, -0.2) is 0 Å². The number of Topliss-reactive ketones (excluding diaryl/α,β-unsaturated/α-hetero) is 1. The number of ketones is 1. The van der Waals surface area contributed by atoms with Crippen LogP contribution in [-0.2, 0) is 53.3 Å². The maximum absolute atomic E-state index is 14.2. The van der Waals surface area contributed by atoms with Crippen molar-refractivity contribution in [2.45, 2.75) is 141 Å². The molecule has 0 fully saturated rings. The highest BCUT2D eigenvalue weighted by Gasteiger charge is 2.39. The number of benzene rings is 5. The minimum atomic E-state index is -0.581. The van der Waals surface area contributed by atoms with Gasteiger partial charge in [0.15, 0.2) is 11.5 Å². The van der Waals surface area contributed by atoms with Crippen LogP contribution in [0.2, 0.25) is 0 Å². The largest absolute Gasteiger partial charge is 0.493 e. The molecule has 5 aromatic rings. The van der Waals surface area contributed by atoms with Crippen LogP contribution < -0.4 is 34.6 Å². The van der Waals surface area contributed by atoms with Crippen molar-refractivity contribution in [1.29, 1.82) is 0 Å². The zero-order valence-electron chi connectivity index (χ0n) is 43.6. The quantitative estimate of drug-likeness (QED) is 0.0723. The van der Waals surface area contributed by atoms with Gasteiger partial charge in [-0.15, -0.1) is 0 Å². The van der Waals surface area contributed by atoms with E-state index in [0.717, 1.165) is 77.7 Å². The summed E-state index contributed by atoms with van der Waals surface area (Å²) >= 11 is 0. The molecule has 4 aliphatic rings. The van der Waals surface area contributed by atoms with E-state index in [0.29, 0.717) is 59.7 Å². The molecule has 0 aliphatic carbocycles. The number of amides is 4. The lowest BCUT2D eigenvalue weighted by Gasteiger charge is -2.25. The van der Waals surface area contributed by atoms with Crippen molar-refractivity contribution in [3.63, 3.8) is 0 Å². The summed E-state index contributed by atoms with van der Waals surface area (Å²) < 4.78 is 18.8. The number of para-hydroxylation sites is 2. The lowest BCUT2D eigenvalue weighted by molar-refractivity contribution is -0.125. The molecule has 0 aromatic heterocycles. The third kappa shape index (κ3) is 11.8. The lowest BCUT2D eigenvalue weighted by atomic mass is 9.97. The molecular weight excluding hydrogens is 969 g/mol. The standard InChI is InChI=1S/C60H68N4O8S2/c1-36-25-49-41(17-19-46-29-43-12-8-10-14-51(43)63(46)58(49)68)31-53(36)71-34-39-26-40(28-45(27-39)62-57(67)37(2)24-48(65)22-23-60(4,5)74-73-38(3)16-21-56(66)61-6)35-72-55-32-42-18-20-47-30-44-13-9-11-15-52(44)64(47)59(69)50(42)33-54(55)70-7/h8-15,25-28,31-33,37-38,46-47H,16-24,29-30,34-35H2,1-7H3,(H,61,66)(H,62,67)/t37-,38?,46-,47-/m1/s1. The van der Waals surface area contributed by atoms with E-state index in [1.165, 1.54) is 11.1 Å². The molecule has 0 bridgehead atoms. The van der Waals surface area contributed by atoms with Gasteiger partial charge in [0.2, 0.25) is 11.8 Å². The highest BCUT2D eigenvalue weighted by Crippen LogP contribution is 2.44. The minimum absolute atomic E-state index is 0.0220. The number of nitrogens with one attached hydrogen (secondary N) is 2. The van der Waals surface area contributed by atoms with E-state index in [1.807, 2.05) is 89.5 Å². The summed E-state index contributed by atoms with van der Waals surface area (Å²) in [5, 5.41) is 6.06. The van der Waals surface area contributed by atoms with Gasteiger partial charge >= 0.3 is 0 Å². The van der Waals surface area contributed by atoms with E-state index in [4.69, 9.17) is 14.2 Å². The average Bonchev–Trinajstić information content (AvgIpc) is 3.89. The molecule has 2 N–H and O–H groups in total. The molecule has 1 unspecified atom stereocenters. The maximum atomic E-state index is 14.2. The second-order valence-electron chi connectivity index (χ2n) is 21.0. The monoisotopic (exact) mass is 1040 g/mol. The van der Waals surface area contributed by atoms with Gasteiger partial charge in [0.25, 0.3) is 11.8 Å². The molecular formula is C60H68N4O8S2. The van der Waals surface area contributed by atoms with Crippen molar-refractivity contribution in [2.24, 2.45) is 5.92 Å². The van der Waals surface area contributed by atoms with Crippen molar-refractivity contribution in [3.8, 4) is 17.2 Å². The number of aryl methyl sites for hydroxylation is 3. The van der Waals surface area contributed by atoms with Crippen LogP contribution in [-0.4, -0.2) is 65.7 Å². The summed E-state index contributed by atoms with van der Waals surface area (Å²) in [5.41, 5.74) is 10.5. The van der Waals surface area contributed by atoms with E-state index in [1.54, 1.807) is 48.7 Å². The summed E-state index contributed by atoms with van der Waals surface area (Å²) in [6.07, 6.45) is 7.19. The normalized spacial score (nSPS) is 17.3. The van der Waals surface area contributed by atoms with Gasteiger partial charge in [0.05, 0.1) is 7.11 Å². The van der Waals surface area contributed by atoms with E-state index in [2.05, 4.69) is 43.5 Å². The fraction of sp³-hybridized carbons (Fsp3) is 0.417. The minimum Gasteiger partial charge on any atom is -0.493 e. The first-order valence-corrected chi connectivity index (χ1v) is 28.2. The van der Waals surface area contributed by atoms with E-state index >= 15 is 0 Å². The lowest BCUT2D eigenvalue weighted by Crippen LogP contribution is -2.36. The molecule has 74 heavy (non-hydrogen) atoms. The van der Waals surface area contributed by atoms with E-state index < -0.39 is 5.92 Å². The van der Waals surface area contributed by atoms with Crippen LogP contribution in [0.3, 0.4) is 0 Å². The second kappa shape index (κ2) is 22.7. The van der Waals surface area contributed by atoms with Gasteiger partial charge < -0.3 is 34.6 Å². The molecule has 0 saturated carbocycles. The van der Waals surface area contributed by atoms with Gasteiger partial charge in [0, 0.05) is 82.5 Å². The molecule has 388 valence electrons. The summed E-state index contributed by atoms with van der Waals surface area (Å²) in [6, 6.07) is 29.9. The molecule has 9 rings (SSSR count). The molecule has 4 aliphatic heterocycles. The number of carbonyl (C=O) groups excluding carboxylic acids is 5. The van der Waals surface area contributed by atoms with Gasteiger partial charge in [-0.1, -0.05) is 71.8 Å². The third-order valence-corrected chi connectivity index (χ3v) is 18.9. The Morgan fingerprint density at radius 2 is 1.30 bits per heavy atom. The molecule has 12 nitrogen and oxygen atoms in total. The number of rotatable bonds is 20. The Labute approximate surface area is 443 Å². The highest BCUT2D eigenvalue weighted by molar-refractivity contribution is 8.77. The molecule has 14 heteroatoms. The third-order valence-electron chi connectivity index (χ3n) is 14.9. The number of ether oxygens (including phenoxy) is 3. The molecule has 5 aromatic carbocycles. The van der Waals surface area contributed by atoms with E-state index in [9.17, 15) is 24.0 Å². The van der Waals surface area contributed by atoms with Gasteiger partial charge in [-0.3, -0.25) is 24.0 Å². The molecule has 4 atom stereocenters. The Bertz CT molecular complexity index is 2970. The smallest absolute Gasteiger partial charge is 0.258 e. The number of hydrogen-bond donors (Lipinski definition) is 2. The second-order valence-corrected chi connectivity index (χ2v) is 24.4. The molecule has 0 saturated heterocycles. The number of fused-ring (bicyclic) bond motifs is 8. The van der Waals surface area contributed by atoms with Crippen LogP contribution in [0.4, 0.5) is 17.1 Å². The highest BCUT2D eigenvalue weighted by atomic mass is 33.1. The molecule has 0 spiro atoms. The van der Waals surface area contributed by atoms with E-state index in [-0.39, 0.29) is 71.1 Å². The summed E-state index contributed by atoms with van der Waals surface area (Å²) in [5.74, 6) is 0.833. The Balaban J connectivity index is 0.903. The van der Waals surface area contributed by atoms with Crippen LogP contribution in [0.5, 0.6) is 17.2 Å². The summed E-state index contributed by atoms with van der Waals surface area (Å²) in [4.78, 5) is 71.2. The number of anilines is 3. The van der Waals surface area contributed by atoms with Crippen molar-refractivity contribution >= 4 is 68.1 Å². The van der Waals surface area contributed by atoms with Gasteiger partial charge in [0.1, 0.15) is 24.7 Å². The Hall–Kier alpha value is -6.25. The zero-order valence-corrected chi connectivity index (χ0v) is 45.3. The topological polar surface area (TPSA) is 144 Å². The van der Waals surface area contributed by atoms with Crippen molar-refractivity contribution < 1.29 is 38.2 Å². The van der Waals surface area contributed by atoms with Crippen LogP contribution in [0.25, 0.3) is 0 Å². The first-order chi connectivity index (χ1) is 35.6. The van der Waals surface area contributed by atoms with Crippen molar-refractivity contribution in [1.82, 2.24) is 5.32 Å². The van der Waals surface area contributed by atoms with Crippen LogP contribution >= 0.6 is 21.6 Å². The predicted molar refractivity (Wildman–Crippen MR) is 296 cm³/mol. The number of hydrogen-bond acceptors (Lipinski definition) is 10.